The fourth-order valence-electron chi connectivity index (χ4n) is 3.34. The lowest BCUT2D eigenvalue weighted by Gasteiger charge is -2.23. The first-order chi connectivity index (χ1) is 10.6. The maximum Gasteiger partial charge on any atom is 0.312 e. The number of amides is 1. The van der Waals surface area contributed by atoms with Crippen molar-refractivity contribution in [1.82, 2.24) is 5.32 Å². The van der Waals surface area contributed by atoms with Crippen molar-refractivity contribution >= 4 is 17.3 Å². The predicted octanol–water partition coefficient (Wildman–Crippen LogP) is 1.93. The van der Waals surface area contributed by atoms with Crippen molar-refractivity contribution < 1.29 is 14.5 Å². The molecule has 7 heteroatoms. The first kappa shape index (κ1) is 14.8. The zero-order chi connectivity index (χ0) is 15.7. The van der Waals surface area contributed by atoms with Crippen LogP contribution in [-0.4, -0.2) is 31.0 Å². The molecule has 1 aromatic carbocycles. The Hall–Kier alpha value is -2.15. The monoisotopic (exact) mass is 305 g/mol. The van der Waals surface area contributed by atoms with Gasteiger partial charge in [0.15, 0.2) is 5.75 Å². The number of nitrogens with zero attached hydrogens (tertiary/aromatic N) is 1. The van der Waals surface area contributed by atoms with Crippen molar-refractivity contribution in [3.8, 4) is 5.75 Å². The van der Waals surface area contributed by atoms with E-state index in [1.807, 2.05) is 0 Å². The lowest BCUT2D eigenvalue weighted by atomic mass is 9.92. The van der Waals surface area contributed by atoms with Crippen LogP contribution in [0.2, 0.25) is 0 Å². The third kappa shape index (κ3) is 2.64. The van der Waals surface area contributed by atoms with Gasteiger partial charge in [-0.05, 0) is 49.9 Å². The molecule has 2 fully saturated rings. The predicted molar refractivity (Wildman–Crippen MR) is 80.9 cm³/mol. The quantitative estimate of drug-likeness (QED) is 0.655. The van der Waals surface area contributed by atoms with Crippen molar-refractivity contribution in [2.75, 3.05) is 25.5 Å². The van der Waals surface area contributed by atoms with E-state index in [9.17, 15) is 14.9 Å². The number of piperidine rings is 1. The van der Waals surface area contributed by atoms with Gasteiger partial charge in [-0.2, -0.15) is 0 Å². The molecule has 0 radical (unpaired) electrons. The van der Waals surface area contributed by atoms with E-state index in [0.717, 1.165) is 32.4 Å². The van der Waals surface area contributed by atoms with E-state index in [1.165, 1.54) is 19.2 Å². The molecule has 1 saturated heterocycles. The number of hydrogen-bond acceptors (Lipinski definition) is 5. The average molecular weight is 305 g/mol. The Bertz CT molecular complexity index is 611. The van der Waals surface area contributed by atoms with Crippen LogP contribution in [0.1, 0.15) is 19.3 Å². The number of carbonyl (C=O) groups is 1. The fourth-order valence-corrected chi connectivity index (χ4v) is 3.34. The summed E-state index contributed by atoms with van der Waals surface area (Å²) in [4.78, 5) is 22.9. The van der Waals surface area contributed by atoms with Crippen molar-refractivity contribution in [3.63, 3.8) is 0 Å². The Morgan fingerprint density at radius 1 is 1.45 bits per heavy atom. The third-order valence-electron chi connectivity index (χ3n) is 4.75. The van der Waals surface area contributed by atoms with Gasteiger partial charge in [0.05, 0.1) is 12.0 Å². The summed E-state index contributed by atoms with van der Waals surface area (Å²) in [5.41, 5.74) is 0.439. The van der Waals surface area contributed by atoms with Gasteiger partial charge in [0.2, 0.25) is 5.91 Å². The van der Waals surface area contributed by atoms with Crippen LogP contribution in [-0.2, 0) is 4.79 Å². The maximum atomic E-state index is 12.4. The number of methoxy groups -OCH3 is 1. The standard InChI is InChI=1S/C15H19N3O4/c1-22-13-3-2-10(8-12(13)18(20)21)17-14(19)11-9-15(11)4-6-16-7-5-15/h2-3,8,11,16H,4-7,9H2,1H3,(H,17,19). The van der Waals surface area contributed by atoms with Crippen LogP contribution in [0.25, 0.3) is 0 Å². The van der Waals surface area contributed by atoms with Gasteiger partial charge >= 0.3 is 5.69 Å². The normalized spacial score (nSPS) is 22.1. The summed E-state index contributed by atoms with van der Waals surface area (Å²) < 4.78 is 4.96. The number of nitrogens with one attached hydrogen (secondary N) is 2. The summed E-state index contributed by atoms with van der Waals surface area (Å²) in [5, 5.41) is 17.1. The summed E-state index contributed by atoms with van der Waals surface area (Å²) in [5.74, 6) is 0.168. The zero-order valence-corrected chi connectivity index (χ0v) is 12.4. The van der Waals surface area contributed by atoms with E-state index in [1.54, 1.807) is 6.07 Å². The van der Waals surface area contributed by atoms with Crippen LogP contribution < -0.4 is 15.4 Å². The van der Waals surface area contributed by atoms with E-state index < -0.39 is 4.92 Å². The second kappa shape index (κ2) is 5.57. The average Bonchev–Trinajstić information content (AvgIpc) is 3.21. The van der Waals surface area contributed by atoms with Crippen molar-refractivity contribution in [3.05, 3.63) is 28.3 Å². The topological polar surface area (TPSA) is 93.5 Å². The van der Waals surface area contributed by atoms with E-state index in [-0.39, 0.29) is 28.7 Å². The van der Waals surface area contributed by atoms with Gasteiger partial charge in [0, 0.05) is 17.7 Å². The zero-order valence-electron chi connectivity index (χ0n) is 12.4. The molecule has 22 heavy (non-hydrogen) atoms. The number of nitro groups is 1. The van der Waals surface area contributed by atoms with Crippen molar-refractivity contribution in [1.29, 1.82) is 0 Å². The molecule has 0 bridgehead atoms. The lowest BCUT2D eigenvalue weighted by molar-refractivity contribution is -0.385. The number of carbonyl (C=O) groups excluding carboxylic acids is 1. The molecule has 1 spiro atoms. The summed E-state index contributed by atoms with van der Waals surface area (Å²) >= 11 is 0. The SMILES string of the molecule is COc1ccc(NC(=O)C2CC23CCNCC3)cc1[N+](=O)[O-]. The van der Waals surface area contributed by atoms with Gasteiger partial charge in [0.1, 0.15) is 0 Å². The molecule has 1 atom stereocenters. The molecule has 0 aromatic heterocycles. The lowest BCUT2D eigenvalue weighted by Crippen LogP contribution is -2.31. The van der Waals surface area contributed by atoms with E-state index in [2.05, 4.69) is 10.6 Å². The van der Waals surface area contributed by atoms with Gasteiger partial charge in [-0.25, -0.2) is 0 Å². The molecule has 1 aromatic rings. The number of nitro benzene ring substituents is 1. The number of anilines is 1. The van der Waals surface area contributed by atoms with Crippen molar-refractivity contribution in [2.45, 2.75) is 19.3 Å². The molecule has 1 unspecified atom stereocenters. The smallest absolute Gasteiger partial charge is 0.312 e. The highest BCUT2D eigenvalue weighted by molar-refractivity contribution is 5.95. The van der Waals surface area contributed by atoms with Crippen LogP contribution >= 0.6 is 0 Å². The maximum absolute atomic E-state index is 12.4. The van der Waals surface area contributed by atoms with Crippen LogP contribution in [0.4, 0.5) is 11.4 Å². The van der Waals surface area contributed by atoms with Gasteiger partial charge in [-0.3, -0.25) is 14.9 Å². The highest BCUT2D eigenvalue weighted by atomic mass is 16.6. The molecule has 3 rings (SSSR count). The van der Waals surface area contributed by atoms with Crippen LogP contribution in [0.15, 0.2) is 18.2 Å². The van der Waals surface area contributed by atoms with Crippen molar-refractivity contribution in [2.24, 2.45) is 11.3 Å². The van der Waals surface area contributed by atoms with Gasteiger partial charge < -0.3 is 15.4 Å². The summed E-state index contributed by atoms with van der Waals surface area (Å²) in [6, 6.07) is 4.47. The number of ether oxygens (including phenoxy) is 1. The largest absolute Gasteiger partial charge is 0.490 e. The Labute approximate surface area is 128 Å². The molecule has 1 amide bonds. The fraction of sp³-hybridized carbons (Fsp3) is 0.533. The molecular formula is C15H19N3O4. The highest BCUT2D eigenvalue weighted by Crippen LogP contribution is 2.58. The Balaban J connectivity index is 1.70. The minimum atomic E-state index is -0.514. The Kier molecular flexibility index (Phi) is 3.74. The van der Waals surface area contributed by atoms with Crippen LogP contribution in [0.5, 0.6) is 5.75 Å². The molecule has 7 nitrogen and oxygen atoms in total. The minimum Gasteiger partial charge on any atom is -0.490 e. The van der Waals surface area contributed by atoms with Gasteiger partial charge in [0.25, 0.3) is 0 Å². The van der Waals surface area contributed by atoms with Crippen LogP contribution in [0.3, 0.4) is 0 Å². The Morgan fingerprint density at radius 2 is 2.18 bits per heavy atom. The first-order valence-corrected chi connectivity index (χ1v) is 7.40. The second-order valence-electron chi connectivity index (χ2n) is 6.00. The molecule has 1 heterocycles. The molecule has 2 N–H and O–H groups in total. The van der Waals surface area contributed by atoms with E-state index >= 15 is 0 Å². The second-order valence-corrected chi connectivity index (χ2v) is 6.00. The molecule has 118 valence electrons. The number of rotatable bonds is 4. The molecule has 1 aliphatic heterocycles. The molecule has 1 saturated carbocycles. The third-order valence-corrected chi connectivity index (χ3v) is 4.75. The number of benzene rings is 1. The molecule has 2 aliphatic rings. The van der Waals surface area contributed by atoms with Gasteiger partial charge in [-0.1, -0.05) is 0 Å². The summed E-state index contributed by atoms with van der Waals surface area (Å²) in [7, 11) is 1.38. The highest BCUT2D eigenvalue weighted by Gasteiger charge is 2.57. The minimum absolute atomic E-state index is 0.0238. The number of hydrogen-bond donors (Lipinski definition) is 2. The first-order valence-electron chi connectivity index (χ1n) is 7.40. The van der Waals surface area contributed by atoms with E-state index in [4.69, 9.17) is 4.74 Å². The van der Waals surface area contributed by atoms with Gasteiger partial charge in [-0.15, -0.1) is 0 Å². The Morgan fingerprint density at radius 3 is 2.82 bits per heavy atom. The summed E-state index contributed by atoms with van der Waals surface area (Å²) in [6.45, 7) is 1.91. The molecular weight excluding hydrogens is 286 g/mol. The summed E-state index contributed by atoms with van der Waals surface area (Å²) in [6.07, 6.45) is 2.96. The van der Waals surface area contributed by atoms with Crippen LogP contribution in [0, 0.1) is 21.4 Å². The van der Waals surface area contributed by atoms with E-state index in [0.29, 0.717) is 5.69 Å². The molecule has 1 aliphatic carbocycles.